The highest BCUT2D eigenvalue weighted by Gasteiger charge is 2.21. The van der Waals surface area contributed by atoms with Crippen molar-refractivity contribution >= 4 is 0 Å². The van der Waals surface area contributed by atoms with E-state index in [1.165, 1.54) is 5.56 Å². The molecule has 0 unspecified atom stereocenters. The minimum absolute atomic E-state index is 0.0861. The number of nitriles is 1. The fourth-order valence-electron chi connectivity index (χ4n) is 1.92. The molecule has 0 saturated heterocycles. The molecule has 0 amide bonds. The summed E-state index contributed by atoms with van der Waals surface area (Å²) >= 11 is 0. The Labute approximate surface area is 83.1 Å². The highest BCUT2D eigenvalue weighted by Crippen LogP contribution is 2.34. The van der Waals surface area contributed by atoms with E-state index >= 15 is 0 Å². The molecular weight excluding hydrogens is 176 g/mol. The van der Waals surface area contributed by atoms with Crippen LogP contribution >= 0.6 is 0 Å². The van der Waals surface area contributed by atoms with E-state index in [-0.39, 0.29) is 6.04 Å². The minimum atomic E-state index is 0.0861. The van der Waals surface area contributed by atoms with Crippen molar-refractivity contribution in [1.29, 1.82) is 5.26 Å². The summed E-state index contributed by atoms with van der Waals surface area (Å²) in [5, 5.41) is 8.90. The van der Waals surface area contributed by atoms with Crippen molar-refractivity contribution in [2.24, 2.45) is 5.73 Å². The van der Waals surface area contributed by atoms with E-state index in [4.69, 9.17) is 15.7 Å². The summed E-state index contributed by atoms with van der Waals surface area (Å²) in [4.78, 5) is 0. The van der Waals surface area contributed by atoms with E-state index in [0.717, 1.165) is 18.4 Å². The number of nitrogens with two attached hydrogens (primary N) is 1. The second-order valence-corrected chi connectivity index (χ2v) is 3.51. The van der Waals surface area contributed by atoms with E-state index in [1.54, 1.807) is 7.11 Å². The number of aryl methyl sites for hydroxylation is 1. The predicted molar refractivity (Wildman–Crippen MR) is 53.0 cm³/mol. The number of fused-ring (bicyclic) bond motifs is 1. The largest absolute Gasteiger partial charge is 0.495 e. The van der Waals surface area contributed by atoms with Crippen LogP contribution in [-0.4, -0.2) is 7.11 Å². The molecule has 2 rings (SSSR count). The third-order valence-electron chi connectivity index (χ3n) is 2.71. The van der Waals surface area contributed by atoms with Gasteiger partial charge in [0.1, 0.15) is 11.8 Å². The Kier molecular flexibility index (Phi) is 2.14. The van der Waals surface area contributed by atoms with Crippen molar-refractivity contribution in [3.8, 4) is 11.8 Å². The lowest BCUT2D eigenvalue weighted by atomic mass is 10.0. The van der Waals surface area contributed by atoms with Crippen molar-refractivity contribution in [2.75, 3.05) is 7.11 Å². The van der Waals surface area contributed by atoms with Crippen LogP contribution in [0.2, 0.25) is 0 Å². The fourth-order valence-corrected chi connectivity index (χ4v) is 1.92. The molecule has 1 atom stereocenters. The lowest BCUT2D eigenvalue weighted by molar-refractivity contribution is 0.413. The van der Waals surface area contributed by atoms with Crippen LogP contribution in [0.1, 0.15) is 29.2 Å². The number of hydrogen-bond acceptors (Lipinski definition) is 3. The van der Waals surface area contributed by atoms with Crippen LogP contribution in [0.4, 0.5) is 0 Å². The Morgan fingerprint density at radius 2 is 2.36 bits per heavy atom. The molecule has 0 spiro atoms. The van der Waals surface area contributed by atoms with Gasteiger partial charge in [-0.2, -0.15) is 5.26 Å². The average molecular weight is 188 g/mol. The summed E-state index contributed by atoms with van der Waals surface area (Å²) in [5.41, 5.74) is 8.80. The third kappa shape index (κ3) is 1.24. The zero-order valence-corrected chi connectivity index (χ0v) is 8.08. The van der Waals surface area contributed by atoms with Gasteiger partial charge in [-0.15, -0.1) is 0 Å². The number of methoxy groups -OCH3 is 1. The first-order valence-electron chi connectivity index (χ1n) is 4.62. The van der Waals surface area contributed by atoms with Crippen molar-refractivity contribution in [1.82, 2.24) is 0 Å². The second-order valence-electron chi connectivity index (χ2n) is 3.51. The monoisotopic (exact) mass is 188 g/mol. The fraction of sp³-hybridized carbons (Fsp3) is 0.364. The standard InChI is InChI=1S/C11H12N2O/c1-14-11-5-7-2-3-10(13)9(7)4-8(11)6-12/h4-5,10H,2-3,13H2,1H3/t10-/m0/s1. The highest BCUT2D eigenvalue weighted by molar-refractivity contribution is 5.51. The highest BCUT2D eigenvalue weighted by atomic mass is 16.5. The van der Waals surface area contributed by atoms with Gasteiger partial charge in [-0.1, -0.05) is 0 Å². The van der Waals surface area contributed by atoms with Gasteiger partial charge >= 0.3 is 0 Å². The SMILES string of the molecule is COc1cc2c(cc1C#N)[C@@H](N)CC2. The molecule has 72 valence electrons. The number of hydrogen-bond donors (Lipinski definition) is 1. The second kappa shape index (κ2) is 3.32. The van der Waals surface area contributed by atoms with Crippen molar-refractivity contribution < 1.29 is 4.74 Å². The zero-order chi connectivity index (χ0) is 10.1. The molecule has 0 aromatic heterocycles. The van der Waals surface area contributed by atoms with Gasteiger partial charge in [-0.05, 0) is 36.1 Å². The molecular formula is C11H12N2O. The summed E-state index contributed by atoms with van der Waals surface area (Å²) in [6, 6.07) is 5.99. The number of benzene rings is 1. The number of rotatable bonds is 1. The quantitative estimate of drug-likeness (QED) is 0.726. The van der Waals surface area contributed by atoms with Crippen molar-refractivity contribution in [3.63, 3.8) is 0 Å². The molecule has 0 heterocycles. The first-order valence-corrected chi connectivity index (χ1v) is 4.62. The molecule has 0 saturated carbocycles. The van der Waals surface area contributed by atoms with Gasteiger partial charge < -0.3 is 10.5 Å². The summed E-state index contributed by atoms with van der Waals surface area (Å²) in [6.07, 6.45) is 1.95. The summed E-state index contributed by atoms with van der Waals surface area (Å²) in [7, 11) is 1.58. The Balaban J connectivity index is 2.56. The van der Waals surface area contributed by atoms with Crippen LogP contribution in [0.5, 0.6) is 5.75 Å². The topological polar surface area (TPSA) is 59.0 Å². The van der Waals surface area contributed by atoms with Gasteiger partial charge in [0, 0.05) is 6.04 Å². The maximum Gasteiger partial charge on any atom is 0.136 e. The molecule has 14 heavy (non-hydrogen) atoms. The van der Waals surface area contributed by atoms with Crippen LogP contribution in [0.25, 0.3) is 0 Å². The van der Waals surface area contributed by atoms with Crippen LogP contribution in [0.3, 0.4) is 0 Å². The van der Waals surface area contributed by atoms with Crippen molar-refractivity contribution in [2.45, 2.75) is 18.9 Å². The number of ether oxygens (including phenoxy) is 1. The Morgan fingerprint density at radius 1 is 1.57 bits per heavy atom. The average Bonchev–Trinajstić information content (AvgIpc) is 2.58. The molecule has 1 aromatic carbocycles. The van der Waals surface area contributed by atoms with E-state index in [9.17, 15) is 0 Å². The first kappa shape index (κ1) is 9.04. The third-order valence-corrected chi connectivity index (χ3v) is 2.71. The predicted octanol–water partition coefficient (Wildman–Crippen LogP) is 1.51. The molecule has 0 radical (unpaired) electrons. The first-order chi connectivity index (χ1) is 6.76. The maximum atomic E-state index is 8.90. The van der Waals surface area contributed by atoms with E-state index in [2.05, 4.69) is 6.07 Å². The minimum Gasteiger partial charge on any atom is -0.495 e. The van der Waals surface area contributed by atoms with Gasteiger partial charge in [-0.25, -0.2) is 0 Å². The van der Waals surface area contributed by atoms with Crippen LogP contribution in [0, 0.1) is 11.3 Å². The van der Waals surface area contributed by atoms with Crippen LogP contribution in [0.15, 0.2) is 12.1 Å². The molecule has 0 aliphatic heterocycles. The maximum absolute atomic E-state index is 8.90. The molecule has 1 aliphatic rings. The number of nitrogens with zero attached hydrogens (tertiary/aromatic N) is 1. The Hall–Kier alpha value is -1.53. The van der Waals surface area contributed by atoms with Gasteiger partial charge in [0.25, 0.3) is 0 Å². The van der Waals surface area contributed by atoms with Crippen molar-refractivity contribution in [3.05, 3.63) is 28.8 Å². The van der Waals surface area contributed by atoms with Crippen LogP contribution in [-0.2, 0) is 6.42 Å². The van der Waals surface area contributed by atoms with Crippen LogP contribution < -0.4 is 10.5 Å². The smallest absolute Gasteiger partial charge is 0.136 e. The van der Waals surface area contributed by atoms with Gasteiger partial charge in [0.2, 0.25) is 0 Å². The summed E-state index contributed by atoms with van der Waals surface area (Å²) in [6.45, 7) is 0. The van der Waals surface area contributed by atoms with E-state index < -0.39 is 0 Å². The normalized spacial score (nSPS) is 18.8. The molecule has 1 aliphatic carbocycles. The van der Waals surface area contributed by atoms with Gasteiger partial charge in [-0.3, -0.25) is 0 Å². The molecule has 1 aromatic rings. The lowest BCUT2D eigenvalue weighted by Gasteiger charge is -2.08. The van der Waals surface area contributed by atoms with Gasteiger partial charge in [0.15, 0.2) is 0 Å². The Morgan fingerprint density at radius 3 is 3.00 bits per heavy atom. The Bertz CT molecular complexity index is 406. The summed E-state index contributed by atoms with van der Waals surface area (Å²) < 4.78 is 5.13. The van der Waals surface area contributed by atoms with Gasteiger partial charge in [0.05, 0.1) is 12.7 Å². The lowest BCUT2D eigenvalue weighted by Crippen LogP contribution is -2.05. The van der Waals surface area contributed by atoms with E-state index in [1.807, 2.05) is 12.1 Å². The summed E-state index contributed by atoms with van der Waals surface area (Å²) in [5.74, 6) is 0.653. The van der Waals surface area contributed by atoms with E-state index in [0.29, 0.717) is 11.3 Å². The molecule has 0 fully saturated rings. The zero-order valence-electron chi connectivity index (χ0n) is 8.08. The molecule has 3 heteroatoms. The molecule has 0 bridgehead atoms. The molecule has 2 N–H and O–H groups in total. The molecule has 3 nitrogen and oxygen atoms in total.